The van der Waals surface area contributed by atoms with Gasteiger partial charge in [0.15, 0.2) is 0 Å². The van der Waals surface area contributed by atoms with E-state index in [-0.39, 0.29) is 12.8 Å². The van der Waals surface area contributed by atoms with Gasteiger partial charge in [0.05, 0.1) is 6.42 Å². The second-order valence-corrected chi connectivity index (χ2v) is 5.77. The molecule has 0 aliphatic rings. The molecule has 5 heteroatoms. The zero-order valence-corrected chi connectivity index (χ0v) is 13.0. The third kappa shape index (κ3) is 5.15. The molecule has 0 radical (unpaired) electrons. The second kappa shape index (κ2) is 8.54. The number of benzene rings is 1. The molecule has 5 nitrogen and oxygen atoms in total. The molecule has 0 amide bonds. The average Bonchev–Trinajstić information content (AvgIpc) is 2.49. The van der Waals surface area contributed by atoms with E-state index in [1.807, 2.05) is 37.3 Å². The standard InChI is InChI=1S/C17H25NO4/c1-2-3-9-14(12-15(19)20)17(18,16(21)22)11-10-13-7-5-4-6-8-13/h4-8,14H,2-3,9-12,18H2,1H3,(H,19,20)(H,21,22)/t14-,17+/m0/s1. The van der Waals surface area contributed by atoms with E-state index in [0.717, 1.165) is 18.4 Å². The van der Waals surface area contributed by atoms with Crippen LogP contribution in [0, 0.1) is 5.92 Å². The molecule has 0 fully saturated rings. The van der Waals surface area contributed by atoms with Gasteiger partial charge < -0.3 is 15.9 Å². The van der Waals surface area contributed by atoms with Gasteiger partial charge in [0.25, 0.3) is 0 Å². The van der Waals surface area contributed by atoms with Crippen molar-refractivity contribution < 1.29 is 19.8 Å². The smallest absolute Gasteiger partial charge is 0.323 e. The predicted molar refractivity (Wildman–Crippen MR) is 84.6 cm³/mol. The fourth-order valence-corrected chi connectivity index (χ4v) is 2.68. The number of hydrogen-bond acceptors (Lipinski definition) is 3. The van der Waals surface area contributed by atoms with E-state index in [0.29, 0.717) is 12.8 Å². The van der Waals surface area contributed by atoms with Gasteiger partial charge in [0, 0.05) is 0 Å². The number of aliphatic carboxylic acids is 2. The van der Waals surface area contributed by atoms with Gasteiger partial charge in [-0.1, -0.05) is 50.1 Å². The molecule has 0 aliphatic heterocycles. The number of nitrogens with two attached hydrogens (primary N) is 1. The van der Waals surface area contributed by atoms with Gasteiger partial charge >= 0.3 is 11.9 Å². The van der Waals surface area contributed by atoms with E-state index in [1.165, 1.54) is 0 Å². The van der Waals surface area contributed by atoms with Crippen LogP contribution in [0.4, 0.5) is 0 Å². The summed E-state index contributed by atoms with van der Waals surface area (Å²) in [6.45, 7) is 1.99. The third-order valence-electron chi connectivity index (χ3n) is 4.12. The SMILES string of the molecule is CCCC[C@@H](CC(=O)O)[C@](N)(CCc1ccccc1)C(=O)O. The summed E-state index contributed by atoms with van der Waals surface area (Å²) in [7, 11) is 0. The van der Waals surface area contributed by atoms with Crippen LogP contribution in [0.5, 0.6) is 0 Å². The summed E-state index contributed by atoms with van der Waals surface area (Å²) in [4.78, 5) is 22.8. The summed E-state index contributed by atoms with van der Waals surface area (Å²) in [6, 6.07) is 9.51. The lowest BCUT2D eigenvalue weighted by Crippen LogP contribution is -2.55. The molecule has 22 heavy (non-hydrogen) atoms. The van der Waals surface area contributed by atoms with E-state index in [9.17, 15) is 14.7 Å². The largest absolute Gasteiger partial charge is 0.481 e. The summed E-state index contributed by atoms with van der Waals surface area (Å²) >= 11 is 0. The predicted octanol–water partition coefficient (Wildman–Crippen LogP) is 2.68. The van der Waals surface area contributed by atoms with E-state index < -0.39 is 23.4 Å². The second-order valence-electron chi connectivity index (χ2n) is 5.77. The van der Waals surface area contributed by atoms with Crippen molar-refractivity contribution in [3.8, 4) is 0 Å². The van der Waals surface area contributed by atoms with Crippen LogP contribution in [0.15, 0.2) is 30.3 Å². The molecule has 0 aromatic heterocycles. The zero-order chi connectivity index (χ0) is 16.6. The fourth-order valence-electron chi connectivity index (χ4n) is 2.68. The first kappa shape index (κ1) is 18.2. The van der Waals surface area contributed by atoms with Crippen molar-refractivity contribution in [1.29, 1.82) is 0 Å². The van der Waals surface area contributed by atoms with Crippen LogP contribution in [0.3, 0.4) is 0 Å². The van der Waals surface area contributed by atoms with Crippen LogP contribution < -0.4 is 5.73 Å². The minimum absolute atomic E-state index is 0.211. The van der Waals surface area contributed by atoms with Gasteiger partial charge in [-0.2, -0.15) is 0 Å². The number of carboxylic acids is 2. The number of carbonyl (C=O) groups is 2. The Hall–Kier alpha value is -1.88. The number of carboxylic acid groups (broad SMARTS) is 2. The highest BCUT2D eigenvalue weighted by atomic mass is 16.4. The third-order valence-corrected chi connectivity index (χ3v) is 4.12. The molecule has 0 heterocycles. The van der Waals surface area contributed by atoms with Crippen molar-refractivity contribution in [1.82, 2.24) is 0 Å². The molecule has 0 saturated carbocycles. The van der Waals surface area contributed by atoms with Crippen LogP contribution >= 0.6 is 0 Å². The molecule has 1 aromatic rings. The highest BCUT2D eigenvalue weighted by Crippen LogP contribution is 2.29. The van der Waals surface area contributed by atoms with Gasteiger partial charge in [-0.15, -0.1) is 0 Å². The first-order chi connectivity index (χ1) is 10.4. The minimum atomic E-state index is -1.51. The molecule has 0 unspecified atom stereocenters. The normalized spacial score (nSPS) is 15.0. The Morgan fingerprint density at radius 1 is 1.23 bits per heavy atom. The maximum absolute atomic E-state index is 11.7. The van der Waals surface area contributed by atoms with E-state index in [1.54, 1.807) is 0 Å². The van der Waals surface area contributed by atoms with Gasteiger partial charge in [-0.25, -0.2) is 0 Å². The average molecular weight is 307 g/mol. The molecular weight excluding hydrogens is 282 g/mol. The molecule has 1 rings (SSSR count). The number of aryl methyl sites for hydroxylation is 1. The topological polar surface area (TPSA) is 101 Å². The Morgan fingerprint density at radius 3 is 2.36 bits per heavy atom. The van der Waals surface area contributed by atoms with Gasteiger partial charge in [0.1, 0.15) is 5.54 Å². The van der Waals surface area contributed by atoms with Gasteiger partial charge in [0.2, 0.25) is 0 Å². The van der Waals surface area contributed by atoms with Crippen molar-refractivity contribution in [2.75, 3.05) is 0 Å². The minimum Gasteiger partial charge on any atom is -0.481 e. The van der Waals surface area contributed by atoms with Gasteiger partial charge in [-0.3, -0.25) is 9.59 Å². The van der Waals surface area contributed by atoms with Crippen molar-refractivity contribution in [2.24, 2.45) is 11.7 Å². The molecule has 0 spiro atoms. The lowest BCUT2D eigenvalue weighted by Gasteiger charge is -2.33. The Balaban J connectivity index is 2.89. The summed E-state index contributed by atoms with van der Waals surface area (Å²) in [5.74, 6) is -2.69. The molecule has 0 aliphatic carbocycles. The van der Waals surface area contributed by atoms with Crippen LogP contribution in [0.1, 0.15) is 44.6 Å². The number of rotatable bonds is 10. The highest BCUT2D eigenvalue weighted by molar-refractivity contribution is 5.80. The first-order valence-electron chi connectivity index (χ1n) is 7.68. The first-order valence-corrected chi connectivity index (χ1v) is 7.68. The molecule has 1 aromatic carbocycles. The molecule has 122 valence electrons. The summed E-state index contributed by atoms with van der Waals surface area (Å²) in [5.41, 5.74) is 5.65. The Kier molecular flexibility index (Phi) is 7.05. The van der Waals surface area contributed by atoms with Crippen LogP contribution in [-0.4, -0.2) is 27.7 Å². The highest BCUT2D eigenvalue weighted by Gasteiger charge is 2.42. The van der Waals surface area contributed by atoms with Crippen LogP contribution in [-0.2, 0) is 16.0 Å². The number of hydrogen-bond donors (Lipinski definition) is 3. The summed E-state index contributed by atoms with van der Waals surface area (Å²) in [5, 5.41) is 18.6. The molecular formula is C17H25NO4. The lowest BCUT2D eigenvalue weighted by atomic mass is 9.75. The Labute approximate surface area is 131 Å². The van der Waals surface area contributed by atoms with Crippen molar-refractivity contribution in [3.63, 3.8) is 0 Å². The van der Waals surface area contributed by atoms with E-state index in [2.05, 4.69) is 0 Å². The molecule has 2 atom stereocenters. The zero-order valence-electron chi connectivity index (χ0n) is 13.0. The summed E-state index contributed by atoms with van der Waals surface area (Å²) in [6.07, 6.45) is 2.71. The summed E-state index contributed by atoms with van der Waals surface area (Å²) < 4.78 is 0. The molecule has 4 N–H and O–H groups in total. The molecule has 0 saturated heterocycles. The quantitative estimate of drug-likeness (QED) is 0.617. The van der Waals surface area contributed by atoms with E-state index >= 15 is 0 Å². The van der Waals surface area contributed by atoms with E-state index in [4.69, 9.17) is 10.8 Å². The van der Waals surface area contributed by atoms with Crippen LogP contribution in [0.25, 0.3) is 0 Å². The Bertz CT molecular complexity index is 489. The fraction of sp³-hybridized carbons (Fsp3) is 0.529. The Morgan fingerprint density at radius 2 is 1.86 bits per heavy atom. The molecule has 0 bridgehead atoms. The van der Waals surface area contributed by atoms with Crippen molar-refractivity contribution in [2.45, 2.75) is 51.0 Å². The maximum Gasteiger partial charge on any atom is 0.323 e. The van der Waals surface area contributed by atoms with Crippen molar-refractivity contribution >= 4 is 11.9 Å². The lowest BCUT2D eigenvalue weighted by molar-refractivity contribution is -0.148. The maximum atomic E-state index is 11.7. The van der Waals surface area contributed by atoms with Gasteiger partial charge in [-0.05, 0) is 30.7 Å². The number of unbranched alkanes of at least 4 members (excludes halogenated alkanes) is 1. The van der Waals surface area contributed by atoms with Crippen LogP contribution in [0.2, 0.25) is 0 Å². The monoisotopic (exact) mass is 307 g/mol. The van der Waals surface area contributed by atoms with Crippen molar-refractivity contribution in [3.05, 3.63) is 35.9 Å².